The van der Waals surface area contributed by atoms with Crippen molar-refractivity contribution in [2.45, 2.75) is 39.2 Å². The summed E-state index contributed by atoms with van der Waals surface area (Å²) in [6, 6.07) is 3.53. The van der Waals surface area contributed by atoms with Crippen LogP contribution in [-0.4, -0.2) is 23.0 Å². The van der Waals surface area contributed by atoms with E-state index in [9.17, 15) is 4.79 Å². The van der Waals surface area contributed by atoms with Crippen LogP contribution in [0.25, 0.3) is 0 Å². The summed E-state index contributed by atoms with van der Waals surface area (Å²) in [6.45, 7) is 6.38. The summed E-state index contributed by atoms with van der Waals surface area (Å²) >= 11 is 0. The monoisotopic (exact) mass is 307 g/mol. The standard InChI is InChI=1S/C13H21N3O.2ClH/c1-4-13(14,5-2)9-16-12(17)11-7-6-8-15-10(11)3;;/h6-8H,4-5,9,14H2,1-3H3,(H,16,17);2*1H. The van der Waals surface area contributed by atoms with Crippen LogP contribution in [0.5, 0.6) is 0 Å². The lowest BCUT2D eigenvalue weighted by Gasteiger charge is -2.26. The number of hydrogen-bond acceptors (Lipinski definition) is 3. The lowest BCUT2D eigenvalue weighted by Crippen LogP contribution is -2.49. The van der Waals surface area contributed by atoms with Gasteiger partial charge in [-0.2, -0.15) is 0 Å². The molecule has 0 bridgehead atoms. The number of nitrogens with two attached hydrogens (primary N) is 1. The molecule has 4 nitrogen and oxygen atoms in total. The Hall–Kier alpha value is -0.840. The van der Waals surface area contributed by atoms with Crippen LogP contribution in [0, 0.1) is 6.92 Å². The van der Waals surface area contributed by atoms with E-state index in [2.05, 4.69) is 10.3 Å². The van der Waals surface area contributed by atoms with Crippen LogP contribution in [0.15, 0.2) is 18.3 Å². The molecule has 0 unspecified atom stereocenters. The molecule has 0 aromatic carbocycles. The predicted molar refractivity (Wildman–Crippen MR) is 83.3 cm³/mol. The normalized spacial score (nSPS) is 10.1. The Bertz CT molecular complexity index is 395. The van der Waals surface area contributed by atoms with Crippen molar-refractivity contribution in [2.24, 2.45) is 5.73 Å². The number of amides is 1. The lowest BCUT2D eigenvalue weighted by atomic mass is 9.94. The van der Waals surface area contributed by atoms with Crippen molar-refractivity contribution in [3.63, 3.8) is 0 Å². The molecule has 0 aliphatic heterocycles. The maximum atomic E-state index is 11.9. The third kappa shape index (κ3) is 5.76. The molecule has 1 rings (SSSR count). The molecule has 110 valence electrons. The molecular formula is C13H23Cl2N3O. The van der Waals surface area contributed by atoms with Crippen molar-refractivity contribution in [3.05, 3.63) is 29.6 Å². The number of aryl methyl sites for hydroxylation is 1. The largest absolute Gasteiger partial charge is 0.350 e. The molecule has 6 heteroatoms. The second-order valence-electron chi connectivity index (χ2n) is 4.39. The van der Waals surface area contributed by atoms with E-state index in [4.69, 9.17) is 5.73 Å². The van der Waals surface area contributed by atoms with Gasteiger partial charge in [-0.1, -0.05) is 13.8 Å². The predicted octanol–water partition coefficient (Wildman–Crippen LogP) is 2.48. The average Bonchev–Trinajstić information content (AvgIpc) is 2.36. The van der Waals surface area contributed by atoms with Gasteiger partial charge in [-0.3, -0.25) is 9.78 Å². The smallest absolute Gasteiger partial charge is 0.253 e. The highest BCUT2D eigenvalue weighted by Crippen LogP contribution is 2.10. The van der Waals surface area contributed by atoms with Gasteiger partial charge in [-0.15, -0.1) is 24.8 Å². The molecule has 19 heavy (non-hydrogen) atoms. The topological polar surface area (TPSA) is 68.0 Å². The second-order valence-corrected chi connectivity index (χ2v) is 4.39. The number of halogens is 2. The fraction of sp³-hybridized carbons (Fsp3) is 0.538. The van der Waals surface area contributed by atoms with E-state index in [0.717, 1.165) is 18.5 Å². The van der Waals surface area contributed by atoms with Crippen molar-refractivity contribution < 1.29 is 4.79 Å². The van der Waals surface area contributed by atoms with Gasteiger partial charge in [0.1, 0.15) is 0 Å². The molecule has 0 aliphatic rings. The Morgan fingerprint density at radius 2 is 1.95 bits per heavy atom. The zero-order valence-electron chi connectivity index (χ0n) is 11.6. The number of carbonyl (C=O) groups excluding carboxylic acids is 1. The lowest BCUT2D eigenvalue weighted by molar-refractivity contribution is 0.0941. The maximum absolute atomic E-state index is 11.9. The van der Waals surface area contributed by atoms with Gasteiger partial charge in [0.2, 0.25) is 0 Å². The van der Waals surface area contributed by atoms with E-state index in [1.54, 1.807) is 18.3 Å². The average molecular weight is 308 g/mol. The molecule has 0 spiro atoms. The first-order chi connectivity index (χ1) is 8.02. The highest BCUT2D eigenvalue weighted by Gasteiger charge is 2.21. The van der Waals surface area contributed by atoms with Gasteiger partial charge in [0.05, 0.1) is 5.56 Å². The first-order valence-corrected chi connectivity index (χ1v) is 6.01. The van der Waals surface area contributed by atoms with Gasteiger partial charge in [0.15, 0.2) is 0 Å². The van der Waals surface area contributed by atoms with Gasteiger partial charge in [0.25, 0.3) is 5.91 Å². The third-order valence-electron chi connectivity index (χ3n) is 3.26. The van der Waals surface area contributed by atoms with Crippen LogP contribution < -0.4 is 11.1 Å². The molecule has 1 heterocycles. The minimum atomic E-state index is -0.314. The van der Waals surface area contributed by atoms with Crippen LogP contribution in [0.4, 0.5) is 0 Å². The molecule has 0 atom stereocenters. The minimum Gasteiger partial charge on any atom is -0.350 e. The highest BCUT2D eigenvalue weighted by atomic mass is 35.5. The fourth-order valence-electron chi connectivity index (χ4n) is 1.58. The van der Waals surface area contributed by atoms with Crippen molar-refractivity contribution in [3.8, 4) is 0 Å². The van der Waals surface area contributed by atoms with E-state index >= 15 is 0 Å². The number of carbonyl (C=O) groups is 1. The quantitative estimate of drug-likeness (QED) is 0.878. The first-order valence-electron chi connectivity index (χ1n) is 6.01. The van der Waals surface area contributed by atoms with E-state index < -0.39 is 0 Å². The van der Waals surface area contributed by atoms with E-state index in [0.29, 0.717) is 12.1 Å². The number of aromatic nitrogens is 1. The van der Waals surface area contributed by atoms with Gasteiger partial charge >= 0.3 is 0 Å². The van der Waals surface area contributed by atoms with E-state index in [1.807, 2.05) is 20.8 Å². The van der Waals surface area contributed by atoms with Crippen LogP contribution in [0.3, 0.4) is 0 Å². The molecule has 1 amide bonds. The SMILES string of the molecule is CCC(N)(CC)CNC(=O)c1cccnc1C.Cl.Cl. The van der Waals surface area contributed by atoms with Gasteiger partial charge in [0, 0.05) is 24.0 Å². The van der Waals surface area contributed by atoms with E-state index in [-0.39, 0.29) is 36.3 Å². The number of pyridine rings is 1. The molecule has 0 saturated heterocycles. The zero-order chi connectivity index (χ0) is 12.9. The molecule has 0 saturated carbocycles. The third-order valence-corrected chi connectivity index (χ3v) is 3.26. The van der Waals surface area contributed by atoms with Crippen LogP contribution >= 0.6 is 24.8 Å². The van der Waals surface area contributed by atoms with Crippen LogP contribution in [0.1, 0.15) is 42.7 Å². The zero-order valence-corrected chi connectivity index (χ0v) is 13.2. The Kier molecular flexibility index (Phi) is 9.84. The van der Waals surface area contributed by atoms with Crippen molar-refractivity contribution in [1.29, 1.82) is 0 Å². The van der Waals surface area contributed by atoms with Gasteiger partial charge < -0.3 is 11.1 Å². The molecule has 3 N–H and O–H groups in total. The van der Waals surface area contributed by atoms with Crippen molar-refractivity contribution in [2.75, 3.05) is 6.54 Å². The summed E-state index contributed by atoms with van der Waals surface area (Å²) in [7, 11) is 0. The fourth-order valence-corrected chi connectivity index (χ4v) is 1.58. The van der Waals surface area contributed by atoms with Crippen molar-refractivity contribution in [1.82, 2.24) is 10.3 Å². The number of nitrogens with one attached hydrogen (secondary N) is 1. The summed E-state index contributed by atoms with van der Waals surface area (Å²) in [6.07, 6.45) is 3.36. The van der Waals surface area contributed by atoms with Gasteiger partial charge in [-0.25, -0.2) is 0 Å². The summed E-state index contributed by atoms with van der Waals surface area (Å²) in [5.74, 6) is -0.104. The summed E-state index contributed by atoms with van der Waals surface area (Å²) in [4.78, 5) is 16.0. The molecule has 0 aliphatic carbocycles. The van der Waals surface area contributed by atoms with Crippen molar-refractivity contribution >= 4 is 30.7 Å². The minimum absolute atomic E-state index is 0. The molecule has 1 aromatic rings. The number of rotatable bonds is 5. The number of hydrogen-bond donors (Lipinski definition) is 2. The Labute approximate surface area is 127 Å². The summed E-state index contributed by atoms with van der Waals surface area (Å²) in [5, 5.41) is 2.88. The van der Waals surface area contributed by atoms with Gasteiger partial charge in [-0.05, 0) is 31.9 Å². The second kappa shape index (κ2) is 9.13. The Morgan fingerprint density at radius 3 is 2.42 bits per heavy atom. The molecule has 0 fully saturated rings. The Balaban J connectivity index is 0. The van der Waals surface area contributed by atoms with Crippen LogP contribution in [0.2, 0.25) is 0 Å². The van der Waals surface area contributed by atoms with E-state index in [1.165, 1.54) is 0 Å². The maximum Gasteiger partial charge on any atom is 0.253 e. The first kappa shape index (κ1) is 20.5. The summed E-state index contributed by atoms with van der Waals surface area (Å²) in [5.41, 5.74) is 7.17. The Morgan fingerprint density at radius 1 is 1.37 bits per heavy atom. The van der Waals surface area contributed by atoms with Crippen LogP contribution in [-0.2, 0) is 0 Å². The number of nitrogens with zero attached hydrogens (tertiary/aromatic N) is 1. The molecule has 1 aromatic heterocycles. The highest BCUT2D eigenvalue weighted by molar-refractivity contribution is 5.95. The summed E-state index contributed by atoms with van der Waals surface area (Å²) < 4.78 is 0. The molecular weight excluding hydrogens is 285 g/mol. The molecule has 0 radical (unpaired) electrons.